The number of rotatable bonds is 8. The Kier molecular flexibility index (Phi) is 8.56. The predicted octanol–water partition coefficient (Wildman–Crippen LogP) is 13.6. The first-order valence-corrected chi connectivity index (χ1v) is 18.4. The quantitative estimate of drug-likeness (QED) is 0.149. The summed E-state index contributed by atoms with van der Waals surface area (Å²) in [6, 6.07) is 59.7. The summed E-state index contributed by atoms with van der Waals surface area (Å²) in [5, 5.41) is 5.18. The lowest BCUT2D eigenvalue weighted by atomic mass is 9.83. The van der Waals surface area contributed by atoms with Crippen LogP contribution in [0.25, 0.3) is 38.2 Å². The lowest BCUT2D eigenvalue weighted by Gasteiger charge is -2.32. The minimum Gasteiger partial charge on any atom is -0.334 e. The summed E-state index contributed by atoms with van der Waals surface area (Å²) in [5.41, 5.74) is 11.3. The van der Waals surface area contributed by atoms with E-state index in [2.05, 4.69) is 210 Å². The summed E-state index contributed by atoms with van der Waals surface area (Å²) in [6.07, 6.45) is 16.5. The van der Waals surface area contributed by atoms with Crippen molar-refractivity contribution in [2.24, 2.45) is 0 Å². The van der Waals surface area contributed by atoms with Crippen LogP contribution in [0.1, 0.15) is 24.8 Å². The molecular formula is C50H40N2. The predicted molar refractivity (Wildman–Crippen MR) is 222 cm³/mol. The second-order valence-electron chi connectivity index (χ2n) is 13.6. The molecule has 0 N–H and O–H groups in total. The van der Waals surface area contributed by atoms with Crippen LogP contribution in [0.3, 0.4) is 0 Å². The van der Waals surface area contributed by atoms with Crippen molar-refractivity contribution in [2.45, 2.75) is 25.3 Å². The third-order valence-electron chi connectivity index (χ3n) is 10.5. The molecule has 0 aliphatic heterocycles. The fraction of sp³-hybridized carbons (Fsp3) is 0.0800. The SMILES string of the molecule is C1=CCC(N(c2ccccc2)c2ccc(-c3c4ccccc4c(C4=CC=C(N(c5ccccc5)c5ccccc5)CC4)c4ccccc34)cc2)C=C1. The van der Waals surface area contributed by atoms with Gasteiger partial charge in [0.1, 0.15) is 0 Å². The maximum absolute atomic E-state index is 2.46. The van der Waals surface area contributed by atoms with Gasteiger partial charge in [-0.2, -0.15) is 0 Å². The van der Waals surface area contributed by atoms with E-state index in [0.717, 1.165) is 19.3 Å². The highest BCUT2D eigenvalue weighted by atomic mass is 15.2. The number of allylic oxidation sites excluding steroid dienone is 6. The van der Waals surface area contributed by atoms with Crippen LogP contribution < -0.4 is 9.80 Å². The smallest absolute Gasteiger partial charge is 0.0559 e. The van der Waals surface area contributed by atoms with Gasteiger partial charge >= 0.3 is 0 Å². The molecular weight excluding hydrogens is 629 g/mol. The molecule has 0 fully saturated rings. The average molecular weight is 669 g/mol. The first-order valence-electron chi connectivity index (χ1n) is 18.4. The van der Waals surface area contributed by atoms with Crippen molar-refractivity contribution in [3.05, 3.63) is 212 Å². The third kappa shape index (κ3) is 5.93. The molecule has 0 radical (unpaired) electrons. The summed E-state index contributed by atoms with van der Waals surface area (Å²) in [7, 11) is 0. The molecule has 2 aliphatic carbocycles. The van der Waals surface area contributed by atoms with Crippen LogP contribution in [0.2, 0.25) is 0 Å². The number of hydrogen-bond donors (Lipinski definition) is 0. The lowest BCUT2D eigenvalue weighted by molar-refractivity contribution is 0.785. The van der Waals surface area contributed by atoms with Crippen LogP contribution in [0, 0.1) is 0 Å². The number of nitrogens with zero attached hydrogens (tertiary/aromatic N) is 2. The zero-order valence-electron chi connectivity index (χ0n) is 29.1. The molecule has 250 valence electrons. The standard InChI is InChI=1S/C50H40N2/c1-5-17-39(18-6-1)51(40-19-7-2-8-20-40)43-33-29-37(30-34-43)49-45-25-13-15-27-47(45)50(48-28-16-14-26-46(48)49)38-31-35-44(36-32-38)52(41-21-9-3-10-22-41)42-23-11-4-12-24-42/h1-23,25-29,31-33,35-36,42H,24,30,34H2. The molecule has 0 aromatic heterocycles. The highest BCUT2D eigenvalue weighted by Gasteiger charge is 2.23. The minimum atomic E-state index is 0.269. The molecule has 7 aromatic carbocycles. The van der Waals surface area contributed by atoms with Gasteiger partial charge < -0.3 is 9.80 Å². The molecule has 9 rings (SSSR count). The van der Waals surface area contributed by atoms with E-state index in [1.165, 1.54) is 72.3 Å². The van der Waals surface area contributed by atoms with Crippen LogP contribution in [-0.2, 0) is 0 Å². The Hall–Kier alpha value is -6.38. The fourth-order valence-corrected chi connectivity index (χ4v) is 8.11. The van der Waals surface area contributed by atoms with Crippen molar-refractivity contribution in [1.29, 1.82) is 0 Å². The molecule has 0 saturated carbocycles. The first kappa shape index (κ1) is 31.6. The summed E-state index contributed by atoms with van der Waals surface area (Å²) in [4.78, 5) is 4.85. The number of anilines is 4. The number of fused-ring (bicyclic) bond motifs is 2. The van der Waals surface area contributed by atoms with Gasteiger partial charge in [-0.05, 0) is 118 Å². The molecule has 1 unspecified atom stereocenters. The zero-order chi connectivity index (χ0) is 34.7. The summed E-state index contributed by atoms with van der Waals surface area (Å²) >= 11 is 0. The Balaban J connectivity index is 1.14. The van der Waals surface area contributed by atoms with Gasteiger partial charge in [0, 0.05) is 28.4 Å². The van der Waals surface area contributed by atoms with Crippen molar-refractivity contribution in [1.82, 2.24) is 0 Å². The molecule has 2 aliphatic rings. The number of para-hydroxylation sites is 3. The molecule has 0 heterocycles. The van der Waals surface area contributed by atoms with Crippen LogP contribution in [-0.4, -0.2) is 6.04 Å². The van der Waals surface area contributed by atoms with Gasteiger partial charge in [-0.15, -0.1) is 0 Å². The third-order valence-corrected chi connectivity index (χ3v) is 10.5. The molecule has 1 atom stereocenters. The van der Waals surface area contributed by atoms with Gasteiger partial charge in [0.05, 0.1) is 6.04 Å². The van der Waals surface area contributed by atoms with Crippen LogP contribution in [0.15, 0.2) is 206 Å². The Morgan fingerprint density at radius 3 is 1.42 bits per heavy atom. The van der Waals surface area contributed by atoms with Crippen molar-refractivity contribution in [3.8, 4) is 11.1 Å². The van der Waals surface area contributed by atoms with E-state index in [9.17, 15) is 0 Å². The van der Waals surface area contributed by atoms with Crippen LogP contribution >= 0.6 is 0 Å². The fourth-order valence-electron chi connectivity index (χ4n) is 8.11. The maximum Gasteiger partial charge on any atom is 0.0559 e. The largest absolute Gasteiger partial charge is 0.334 e. The van der Waals surface area contributed by atoms with Crippen molar-refractivity contribution in [3.63, 3.8) is 0 Å². The van der Waals surface area contributed by atoms with E-state index in [0.29, 0.717) is 0 Å². The van der Waals surface area contributed by atoms with Gasteiger partial charge in [0.15, 0.2) is 0 Å². The van der Waals surface area contributed by atoms with Crippen molar-refractivity contribution >= 4 is 49.9 Å². The number of benzene rings is 7. The summed E-state index contributed by atoms with van der Waals surface area (Å²) in [5.74, 6) is 0. The zero-order valence-corrected chi connectivity index (χ0v) is 29.1. The molecule has 0 saturated heterocycles. The first-order chi connectivity index (χ1) is 25.8. The molecule has 0 spiro atoms. The average Bonchev–Trinajstić information content (AvgIpc) is 3.22. The van der Waals surface area contributed by atoms with Gasteiger partial charge in [0.25, 0.3) is 0 Å². The molecule has 0 bridgehead atoms. The maximum atomic E-state index is 2.46. The Labute approximate surface area is 306 Å². The van der Waals surface area contributed by atoms with Gasteiger partial charge in [-0.25, -0.2) is 0 Å². The van der Waals surface area contributed by atoms with Crippen molar-refractivity contribution in [2.75, 3.05) is 9.80 Å². The van der Waals surface area contributed by atoms with E-state index >= 15 is 0 Å². The van der Waals surface area contributed by atoms with E-state index in [1.54, 1.807) is 0 Å². The highest BCUT2D eigenvalue weighted by molar-refractivity contribution is 6.19. The minimum absolute atomic E-state index is 0.269. The molecule has 0 amide bonds. The van der Waals surface area contributed by atoms with Gasteiger partial charge in [-0.3, -0.25) is 0 Å². The van der Waals surface area contributed by atoms with E-state index in [-0.39, 0.29) is 6.04 Å². The molecule has 2 heteroatoms. The molecule has 2 nitrogen and oxygen atoms in total. The Bertz CT molecular complexity index is 2380. The lowest BCUT2D eigenvalue weighted by Crippen LogP contribution is -2.29. The van der Waals surface area contributed by atoms with Gasteiger partial charge in [0.2, 0.25) is 0 Å². The summed E-state index contributed by atoms with van der Waals surface area (Å²) < 4.78 is 0. The van der Waals surface area contributed by atoms with E-state index < -0.39 is 0 Å². The normalized spacial score (nSPS) is 15.3. The Morgan fingerprint density at radius 1 is 0.423 bits per heavy atom. The summed E-state index contributed by atoms with van der Waals surface area (Å²) in [6.45, 7) is 0. The molecule has 52 heavy (non-hydrogen) atoms. The van der Waals surface area contributed by atoms with E-state index in [1.807, 2.05) is 0 Å². The van der Waals surface area contributed by atoms with Crippen LogP contribution in [0.4, 0.5) is 22.7 Å². The monoisotopic (exact) mass is 668 g/mol. The van der Waals surface area contributed by atoms with Crippen molar-refractivity contribution < 1.29 is 0 Å². The number of hydrogen-bond acceptors (Lipinski definition) is 2. The van der Waals surface area contributed by atoms with Gasteiger partial charge in [-0.1, -0.05) is 146 Å². The Morgan fingerprint density at radius 2 is 0.923 bits per heavy atom. The highest BCUT2D eigenvalue weighted by Crippen LogP contribution is 2.45. The van der Waals surface area contributed by atoms with E-state index in [4.69, 9.17) is 0 Å². The molecule has 7 aromatic rings. The second-order valence-corrected chi connectivity index (χ2v) is 13.6. The second kappa shape index (κ2) is 14.1. The van der Waals surface area contributed by atoms with Crippen LogP contribution in [0.5, 0.6) is 0 Å². The topological polar surface area (TPSA) is 6.48 Å².